The van der Waals surface area contributed by atoms with Gasteiger partial charge >= 0.3 is 0 Å². The molecule has 22 heavy (non-hydrogen) atoms. The molecule has 120 valence electrons. The molecule has 0 amide bonds. The Morgan fingerprint density at radius 2 is 0.955 bits per heavy atom. The van der Waals surface area contributed by atoms with Crippen molar-refractivity contribution in [1.82, 2.24) is 0 Å². The van der Waals surface area contributed by atoms with Crippen LogP contribution in [0, 0.1) is 0 Å². The Bertz CT molecular complexity index is 490. The van der Waals surface area contributed by atoms with Crippen LogP contribution in [0.2, 0.25) is 5.02 Å². The van der Waals surface area contributed by atoms with Crippen LogP contribution in [0.4, 0.5) is 17.1 Å². The van der Waals surface area contributed by atoms with Crippen molar-refractivity contribution in [2.24, 2.45) is 0 Å². The molecule has 3 aliphatic heterocycles. The van der Waals surface area contributed by atoms with Crippen LogP contribution in [0.25, 0.3) is 0 Å². The highest BCUT2D eigenvalue weighted by Gasteiger charge is 2.24. The predicted octanol–water partition coefficient (Wildman–Crippen LogP) is 4.14. The Kier molecular flexibility index (Phi) is 4.08. The van der Waals surface area contributed by atoms with Crippen molar-refractivity contribution in [2.75, 3.05) is 54.0 Å². The maximum atomic E-state index is 6.85. The fraction of sp³-hybridized carbons (Fsp3) is 0.667. The van der Waals surface area contributed by atoms with Gasteiger partial charge in [0.25, 0.3) is 0 Å². The summed E-state index contributed by atoms with van der Waals surface area (Å²) in [7, 11) is 0. The number of halogens is 1. The van der Waals surface area contributed by atoms with Crippen molar-refractivity contribution >= 4 is 28.7 Å². The maximum absolute atomic E-state index is 6.85. The molecule has 1 aromatic rings. The van der Waals surface area contributed by atoms with Gasteiger partial charge in [0.2, 0.25) is 0 Å². The van der Waals surface area contributed by atoms with E-state index in [4.69, 9.17) is 11.6 Å². The molecule has 0 radical (unpaired) electrons. The van der Waals surface area contributed by atoms with Gasteiger partial charge in [-0.05, 0) is 50.7 Å². The summed E-state index contributed by atoms with van der Waals surface area (Å²) >= 11 is 6.85. The standard InChI is InChI=1S/C18H26ClN3/c19-18-16(21-9-3-4-10-21)13-15(20-7-1-2-8-20)14-17(18)22-11-5-6-12-22/h13-14H,1-12H2. The molecule has 0 aliphatic carbocycles. The van der Waals surface area contributed by atoms with Crippen molar-refractivity contribution in [3.63, 3.8) is 0 Å². The molecule has 0 unspecified atom stereocenters. The second-order valence-electron chi connectivity index (χ2n) is 6.88. The first-order chi connectivity index (χ1) is 10.8. The lowest BCUT2D eigenvalue weighted by Gasteiger charge is -2.29. The molecular formula is C18H26ClN3. The van der Waals surface area contributed by atoms with Gasteiger partial charge in [0.1, 0.15) is 0 Å². The van der Waals surface area contributed by atoms with Crippen LogP contribution in [0.5, 0.6) is 0 Å². The Labute approximate surface area is 138 Å². The summed E-state index contributed by atoms with van der Waals surface area (Å²) in [6, 6.07) is 4.69. The normalized spacial score (nSPS) is 22.1. The topological polar surface area (TPSA) is 9.72 Å². The minimum absolute atomic E-state index is 0.978. The summed E-state index contributed by atoms with van der Waals surface area (Å²) in [4.78, 5) is 7.51. The van der Waals surface area contributed by atoms with Crippen molar-refractivity contribution in [1.29, 1.82) is 0 Å². The van der Waals surface area contributed by atoms with E-state index in [1.807, 2.05) is 0 Å². The fourth-order valence-corrected chi connectivity index (χ4v) is 4.46. The van der Waals surface area contributed by atoms with Crippen molar-refractivity contribution in [3.05, 3.63) is 17.2 Å². The van der Waals surface area contributed by atoms with E-state index in [1.165, 1.54) is 68.7 Å². The predicted molar refractivity (Wildman–Crippen MR) is 95.8 cm³/mol. The highest BCUT2D eigenvalue weighted by Crippen LogP contribution is 2.42. The van der Waals surface area contributed by atoms with E-state index >= 15 is 0 Å². The van der Waals surface area contributed by atoms with Gasteiger partial charge in [-0.3, -0.25) is 0 Å². The Morgan fingerprint density at radius 3 is 1.36 bits per heavy atom. The minimum Gasteiger partial charge on any atom is -0.371 e. The lowest BCUT2D eigenvalue weighted by atomic mass is 10.2. The molecule has 0 bridgehead atoms. The van der Waals surface area contributed by atoms with Crippen LogP contribution in [0.1, 0.15) is 38.5 Å². The Hall–Kier alpha value is -1.09. The van der Waals surface area contributed by atoms with Crippen LogP contribution >= 0.6 is 11.6 Å². The fourth-order valence-electron chi connectivity index (χ4n) is 4.11. The van der Waals surface area contributed by atoms with E-state index in [2.05, 4.69) is 26.8 Å². The van der Waals surface area contributed by atoms with Crippen LogP contribution in [-0.2, 0) is 0 Å². The first-order valence-electron chi connectivity index (χ1n) is 8.91. The second-order valence-corrected chi connectivity index (χ2v) is 7.26. The minimum atomic E-state index is 0.978. The lowest BCUT2D eigenvalue weighted by molar-refractivity contribution is 0.933. The van der Waals surface area contributed by atoms with Crippen molar-refractivity contribution < 1.29 is 0 Å². The van der Waals surface area contributed by atoms with Gasteiger partial charge in [0, 0.05) is 45.0 Å². The number of anilines is 3. The second kappa shape index (κ2) is 6.19. The summed E-state index contributed by atoms with van der Waals surface area (Å²) < 4.78 is 0. The molecule has 3 fully saturated rings. The molecule has 1 aromatic carbocycles. The molecular weight excluding hydrogens is 294 g/mol. The molecule has 0 atom stereocenters. The monoisotopic (exact) mass is 319 g/mol. The zero-order chi connectivity index (χ0) is 14.9. The number of hydrogen-bond acceptors (Lipinski definition) is 3. The summed E-state index contributed by atoms with van der Waals surface area (Å²) in [5.74, 6) is 0. The average Bonchev–Trinajstić information content (AvgIpc) is 3.29. The molecule has 0 saturated carbocycles. The zero-order valence-electron chi connectivity index (χ0n) is 13.4. The number of nitrogens with zero attached hydrogens (tertiary/aromatic N) is 3. The van der Waals surface area contributed by atoms with Crippen LogP contribution in [0.15, 0.2) is 12.1 Å². The summed E-state index contributed by atoms with van der Waals surface area (Å²) in [6.07, 6.45) is 7.82. The van der Waals surface area contributed by atoms with E-state index in [0.717, 1.165) is 31.2 Å². The van der Waals surface area contributed by atoms with Gasteiger partial charge < -0.3 is 14.7 Å². The molecule has 0 aromatic heterocycles. The van der Waals surface area contributed by atoms with Gasteiger partial charge in [-0.2, -0.15) is 0 Å². The lowest BCUT2D eigenvalue weighted by Crippen LogP contribution is -2.24. The van der Waals surface area contributed by atoms with Gasteiger partial charge in [-0.25, -0.2) is 0 Å². The van der Waals surface area contributed by atoms with Gasteiger partial charge in [0.15, 0.2) is 0 Å². The number of rotatable bonds is 3. The number of benzene rings is 1. The molecule has 3 nitrogen and oxygen atoms in total. The third kappa shape index (κ3) is 2.64. The van der Waals surface area contributed by atoms with E-state index in [-0.39, 0.29) is 0 Å². The van der Waals surface area contributed by atoms with Gasteiger partial charge in [0.05, 0.1) is 16.4 Å². The molecule has 3 saturated heterocycles. The van der Waals surface area contributed by atoms with Crippen LogP contribution < -0.4 is 14.7 Å². The SMILES string of the molecule is Clc1c(N2CCCC2)cc(N2CCCC2)cc1N1CCCC1. The largest absolute Gasteiger partial charge is 0.371 e. The van der Waals surface area contributed by atoms with Crippen molar-refractivity contribution in [2.45, 2.75) is 38.5 Å². The molecule has 0 N–H and O–H groups in total. The quantitative estimate of drug-likeness (QED) is 0.829. The van der Waals surface area contributed by atoms with E-state index < -0.39 is 0 Å². The Morgan fingerprint density at radius 1 is 0.591 bits per heavy atom. The first kappa shape index (κ1) is 14.5. The average molecular weight is 320 g/mol. The summed E-state index contributed by atoms with van der Waals surface area (Å²) in [5.41, 5.74) is 3.92. The maximum Gasteiger partial charge on any atom is 0.0874 e. The van der Waals surface area contributed by atoms with Crippen molar-refractivity contribution in [3.8, 4) is 0 Å². The zero-order valence-corrected chi connectivity index (χ0v) is 14.1. The molecule has 3 heterocycles. The highest BCUT2D eigenvalue weighted by atomic mass is 35.5. The van der Waals surface area contributed by atoms with E-state index in [9.17, 15) is 0 Å². The third-order valence-electron chi connectivity index (χ3n) is 5.38. The van der Waals surface area contributed by atoms with Gasteiger partial charge in [-0.1, -0.05) is 11.6 Å². The van der Waals surface area contributed by atoms with E-state index in [0.29, 0.717) is 0 Å². The molecule has 3 aliphatic rings. The van der Waals surface area contributed by atoms with Gasteiger partial charge in [-0.15, -0.1) is 0 Å². The molecule has 0 spiro atoms. The molecule has 4 heteroatoms. The smallest absolute Gasteiger partial charge is 0.0874 e. The van der Waals surface area contributed by atoms with Crippen LogP contribution in [0.3, 0.4) is 0 Å². The first-order valence-corrected chi connectivity index (χ1v) is 9.29. The summed E-state index contributed by atoms with van der Waals surface area (Å²) in [6.45, 7) is 7.01. The highest BCUT2D eigenvalue weighted by molar-refractivity contribution is 6.36. The molecule has 4 rings (SSSR count). The summed E-state index contributed by atoms with van der Waals surface area (Å²) in [5, 5.41) is 0.978. The third-order valence-corrected chi connectivity index (χ3v) is 5.77. The van der Waals surface area contributed by atoms with Crippen LogP contribution in [-0.4, -0.2) is 39.3 Å². The number of hydrogen-bond donors (Lipinski definition) is 0. The Balaban J connectivity index is 1.74. The van der Waals surface area contributed by atoms with E-state index in [1.54, 1.807) is 0 Å².